The monoisotopic (exact) mass is 280 g/mol. The molecule has 108 valence electrons. The number of rotatable bonds is 2. The number of nitrogen functional groups attached to an aromatic ring is 1. The molecule has 0 spiro atoms. The van der Waals surface area contributed by atoms with Crippen molar-refractivity contribution in [1.82, 2.24) is 9.55 Å². The third-order valence-corrected chi connectivity index (χ3v) is 4.45. The van der Waals surface area contributed by atoms with Gasteiger partial charge in [0.1, 0.15) is 17.3 Å². The molecule has 2 N–H and O–H groups in total. The Kier molecular flexibility index (Phi) is 3.66. The van der Waals surface area contributed by atoms with Gasteiger partial charge < -0.3 is 10.3 Å². The van der Waals surface area contributed by atoms with Crippen molar-refractivity contribution in [3.05, 3.63) is 35.7 Å². The topological polar surface area (TPSA) is 67.6 Å². The summed E-state index contributed by atoms with van der Waals surface area (Å²) in [5.41, 5.74) is 8.45. The number of nitrogens with zero attached hydrogens (tertiary/aromatic N) is 3. The first-order valence-electron chi connectivity index (χ1n) is 7.54. The SMILES string of the molecule is Cn1c(C2CCCCC2)nc(-c2ccccc2C#N)c1N. The normalized spacial score (nSPS) is 15.8. The molecule has 0 saturated heterocycles. The molecule has 4 nitrogen and oxygen atoms in total. The fourth-order valence-electron chi connectivity index (χ4n) is 3.24. The van der Waals surface area contributed by atoms with Crippen molar-refractivity contribution in [2.75, 3.05) is 5.73 Å². The van der Waals surface area contributed by atoms with Gasteiger partial charge in [-0.1, -0.05) is 37.5 Å². The maximum atomic E-state index is 9.27. The molecule has 0 radical (unpaired) electrons. The van der Waals surface area contributed by atoms with E-state index in [2.05, 4.69) is 6.07 Å². The minimum Gasteiger partial charge on any atom is -0.383 e. The number of nitriles is 1. The van der Waals surface area contributed by atoms with Crippen molar-refractivity contribution >= 4 is 5.82 Å². The van der Waals surface area contributed by atoms with Crippen molar-refractivity contribution < 1.29 is 0 Å². The van der Waals surface area contributed by atoms with E-state index in [9.17, 15) is 5.26 Å². The number of nitrogens with two attached hydrogens (primary N) is 1. The predicted molar refractivity (Wildman–Crippen MR) is 83.6 cm³/mol. The average molecular weight is 280 g/mol. The zero-order valence-corrected chi connectivity index (χ0v) is 12.3. The summed E-state index contributed by atoms with van der Waals surface area (Å²) in [5, 5.41) is 9.27. The Bertz CT molecular complexity index is 687. The first kappa shape index (κ1) is 13.7. The summed E-state index contributed by atoms with van der Waals surface area (Å²) in [6.07, 6.45) is 6.22. The van der Waals surface area contributed by atoms with Crippen LogP contribution >= 0.6 is 0 Å². The van der Waals surface area contributed by atoms with Crippen LogP contribution in [0, 0.1) is 11.3 Å². The van der Waals surface area contributed by atoms with Crippen LogP contribution in [-0.2, 0) is 7.05 Å². The lowest BCUT2D eigenvalue weighted by molar-refractivity contribution is 0.422. The van der Waals surface area contributed by atoms with Crippen molar-refractivity contribution in [3.8, 4) is 17.3 Å². The van der Waals surface area contributed by atoms with Gasteiger partial charge >= 0.3 is 0 Å². The highest BCUT2D eigenvalue weighted by molar-refractivity contribution is 5.76. The molecular weight excluding hydrogens is 260 g/mol. The minimum absolute atomic E-state index is 0.494. The van der Waals surface area contributed by atoms with E-state index in [-0.39, 0.29) is 0 Å². The minimum atomic E-state index is 0.494. The Morgan fingerprint density at radius 1 is 1.24 bits per heavy atom. The summed E-state index contributed by atoms with van der Waals surface area (Å²) in [7, 11) is 1.98. The van der Waals surface area contributed by atoms with E-state index in [1.807, 2.05) is 35.9 Å². The second kappa shape index (κ2) is 5.61. The fourth-order valence-corrected chi connectivity index (χ4v) is 3.24. The molecule has 4 heteroatoms. The largest absolute Gasteiger partial charge is 0.383 e. The van der Waals surface area contributed by atoms with E-state index in [0.717, 1.165) is 17.1 Å². The predicted octanol–water partition coefficient (Wildman–Crippen LogP) is 3.59. The molecule has 2 aromatic rings. The third kappa shape index (κ3) is 2.40. The molecule has 0 unspecified atom stereocenters. The van der Waals surface area contributed by atoms with E-state index in [0.29, 0.717) is 17.3 Å². The first-order chi connectivity index (χ1) is 10.2. The van der Waals surface area contributed by atoms with Gasteiger partial charge in [0.2, 0.25) is 0 Å². The second-order valence-electron chi connectivity index (χ2n) is 5.76. The second-order valence-corrected chi connectivity index (χ2v) is 5.76. The number of benzene rings is 1. The zero-order valence-electron chi connectivity index (χ0n) is 12.3. The van der Waals surface area contributed by atoms with Crippen LogP contribution in [0.25, 0.3) is 11.3 Å². The lowest BCUT2D eigenvalue weighted by Crippen LogP contribution is -2.11. The number of aromatic nitrogens is 2. The Morgan fingerprint density at radius 3 is 2.67 bits per heavy atom. The quantitative estimate of drug-likeness (QED) is 0.914. The van der Waals surface area contributed by atoms with Crippen LogP contribution in [0.1, 0.15) is 49.4 Å². The Balaban J connectivity index is 2.06. The van der Waals surface area contributed by atoms with Crippen LogP contribution in [0.15, 0.2) is 24.3 Å². The molecule has 0 atom stereocenters. The van der Waals surface area contributed by atoms with Crippen LogP contribution in [0.3, 0.4) is 0 Å². The Hall–Kier alpha value is -2.28. The number of hydrogen-bond donors (Lipinski definition) is 1. The summed E-state index contributed by atoms with van der Waals surface area (Å²) >= 11 is 0. The van der Waals surface area contributed by atoms with E-state index in [4.69, 9.17) is 10.7 Å². The summed E-state index contributed by atoms with van der Waals surface area (Å²) < 4.78 is 2.00. The average Bonchev–Trinajstić information content (AvgIpc) is 2.84. The Morgan fingerprint density at radius 2 is 1.95 bits per heavy atom. The molecule has 1 aliphatic rings. The number of anilines is 1. The molecule has 21 heavy (non-hydrogen) atoms. The van der Waals surface area contributed by atoms with Crippen LogP contribution in [0.5, 0.6) is 0 Å². The lowest BCUT2D eigenvalue weighted by Gasteiger charge is -2.21. The van der Waals surface area contributed by atoms with Crippen molar-refractivity contribution in [3.63, 3.8) is 0 Å². The van der Waals surface area contributed by atoms with Gasteiger partial charge in [-0.2, -0.15) is 5.26 Å². The van der Waals surface area contributed by atoms with Gasteiger partial charge in [-0.25, -0.2) is 4.98 Å². The maximum Gasteiger partial charge on any atom is 0.131 e. The molecule has 0 aliphatic heterocycles. The molecule has 3 rings (SSSR count). The summed E-state index contributed by atoms with van der Waals surface area (Å²) in [4.78, 5) is 4.80. The van der Waals surface area contributed by atoms with Gasteiger partial charge in [0, 0.05) is 18.5 Å². The molecular formula is C17H20N4. The van der Waals surface area contributed by atoms with Gasteiger partial charge in [-0.15, -0.1) is 0 Å². The molecule has 1 fully saturated rings. The highest BCUT2D eigenvalue weighted by Crippen LogP contribution is 2.36. The van der Waals surface area contributed by atoms with Gasteiger partial charge in [0.05, 0.1) is 11.6 Å². The summed E-state index contributed by atoms with van der Waals surface area (Å²) in [5.74, 6) is 2.21. The summed E-state index contributed by atoms with van der Waals surface area (Å²) in [6, 6.07) is 9.74. The molecule has 0 bridgehead atoms. The van der Waals surface area contributed by atoms with Gasteiger partial charge in [-0.3, -0.25) is 0 Å². The van der Waals surface area contributed by atoms with Crippen LogP contribution in [-0.4, -0.2) is 9.55 Å². The van der Waals surface area contributed by atoms with E-state index >= 15 is 0 Å². The summed E-state index contributed by atoms with van der Waals surface area (Å²) in [6.45, 7) is 0. The van der Waals surface area contributed by atoms with Crippen LogP contribution < -0.4 is 5.73 Å². The zero-order chi connectivity index (χ0) is 14.8. The van der Waals surface area contributed by atoms with Gasteiger partial charge in [0.15, 0.2) is 0 Å². The highest BCUT2D eigenvalue weighted by Gasteiger charge is 2.23. The number of hydrogen-bond acceptors (Lipinski definition) is 3. The number of imidazole rings is 1. The van der Waals surface area contributed by atoms with E-state index < -0.39 is 0 Å². The smallest absolute Gasteiger partial charge is 0.131 e. The third-order valence-electron chi connectivity index (χ3n) is 4.45. The van der Waals surface area contributed by atoms with Crippen LogP contribution in [0.2, 0.25) is 0 Å². The van der Waals surface area contributed by atoms with Crippen molar-refractivity contribution in [2.45, 2.75) is 38.0 Å². The molecule has 1 saturated carbocycles. The Labute approximate surface area is 125 Å². The molecule has 1 heterocycles. The van der Waals surface area contributed by atoms with Crippen molar-refractivity contribution in [2.24, 2.45) is 7.05 Å². The van der Waals surface area contributed by atoms with Gasteiger partial charge in [-0.05, 0) is 18.9 Å². The first-order valence-corrected chi connectivity index (χ1v) is 7.54. The molecule has 1 aromatic heterocycles. The van der Waals surface area contributed by atoms with E-state index in [1.165, 1.54) is 32.1 Å². The standard InChI is InChI=1S/C17H20N4/c1-21-16(19)15(14-10-6-5-9-13(14)11-18)20-17(21)12-7-3-2-4-8-12/h5-6,9-10,12H,2-4,7-8,19H2,1H3. The van der Waals surface area contributed by atoms with E-state index in [1.54, 1.807) is 0 Å². The fraction of sp³-hybridized carbons (Fsp3) is 0.412. The van der Waals surface area contributed by atoms with Gasteiger partial charge in [0.25, 0.3) is 0 Å². The highest BCUT2D eigenvalue weighted by atomic mass is 15.1. The molecule has 1 aliphatic carbocycles. The molecule has 1 aromatic carbocycles. The van der Waals surface area contributed by atoms with Crippen LogP contribution in [0.4, 0.5) is 5.82 Å². The van der Waals surface area contributed by atoms with Crippen molar-refractivity contribution in [1.29, 1.82) is 5.26 Å². The molecule has 0 amide bonds. The maximum absolute atomic E-state index is 9.27. The lowest BCUT2D eigenvalue weighted by atomic mass is 9.89.